The Hall–Kier alpha value is -3.59. The van der Waals surface area contributed by atoms with Crippen molar-refractivity contribution in [2.75, 3.05) is 6.54 Å². The first-order chi connectivity index (χ1) is 16.4. The number of carboxylic acid groups (broad SMARTS) is 2. The summed E-state index contributed by atoms with van der Waals surface area (Å²) in [5.41, 5.74) is 1.78. The van der Waals surface area contributed by atoms with E-state index in [2.05, 4.69) is 10.3 Å². The number of nitrogens with one attached hydrogen (secondary N) is 1. The number of carboxylic acids is 2. The molecule has 2 atom stereocenters. The summed E-state index contributed by atoms with van der Waals surface area (Å²) in [5, 5.41) is 20.3. The Kier molecular flexibility index (Phi) is 9.28. The Bertz CT molecular complexity index is 1090. The van der Waals surface area contributed by atoms with Crippen molar-refractivity contribution in [2.24, 2.45) is 0 Å². The van der Waals surface area contributed by atoms with Crippen molar-refractivity contribution in [3.63, 3.8) is 0 Å². The fourth-order valence-electron chi connectivity index (χ4n) is 3.46. The lowest BCUT2D eigenvalue weighted by molar-refractivity contribution is -0.136. The molecule has 0 radical (unpaired) electrons. The molecule has 8 nitrogen and oxygen atoms in total. The van der Waals surface area contributed by atoms with Gasteiger partial charge in [-0.2, -0.15) is 0 Å². The highest BCUT2D eigenvalue weighted by molar-refractivity contribution is 8.01. The second kappa shape index (κ2) is 12.6. The van der Waals surface area contributed by atoms with Gasteiger partial charge in [-0.05, 0) is 30.4 Å². The zero-order valence-electron chi connectivity index (χ0n) is 18.4. The van der Waals surface area contributed by atoms with Gasteiger partial charge in [-0.25, -0.2) is 9.78 Å². The van der Waals surface area contributed by atoms with Crippen LogP contribution in [0.4, 0.5) is 0 Å². The quantitative estimate of drug-likeness (QED) is 0.338. The number of rotatable bonds is 13. The number of nitrogens with zero attached hydrogens (tertiary/aromatic N) is 1. The molecule has 0 aliphatic carbocycles. The van der Waals surface area contributed by atoms with Crippen LogP contribution in [-0.4, -0.2) is 50.1 Å². The van der Waals surface area contributed by atoms with Crippen molar-refractivity contribution in [1.82, 2.24) is 10.3 Å². The Balaban J connectivity index is 1.66. The van der Waals surface area contributed by atoms with Gasteiger partial charge in [-0.3, -0.25) is 9.59 Å². The molecule has 3 N–H and O–H groups in total. The summed E-state index contributed by atoms with van der Waals surface area (Å²) in [4.78, 5) is 39.8. The van der Waals surface area contributed by atoms with E-state index in [9.17, 15) is 19.5 Å². The van der Waals surface area contributed by atoms with Crippen LogP contribution in [0.15, 0.2) is 71.5 Å². The Morgan fingerprint density at radius 3 is 2.18 bits per heavy atom. The maximum atomic E-state index is 13.0. The van der Waals surface area contributed by atoms with Crippen molar-refractivity contribution in [2.45, 2.75) is 36.2 Å². The van der Waals surface area contributed by atoms with Crippen molar-refractivity contribution in [1.29, 1.82) is 0 Å². The highest BCUT2D eigenvalue weighted by Gasteiger charge is 2.28. The van der Waals surface area contributed by atoms with Crippen molar-refractivity contribution < 1.29 is 29.0 Å². The van der Waals surface area contributed by atoms with Crippen LogP contribution in [0.3, 0.4) is 0 Å². The number of oxazole rings is 1. The minimum Gasteiger partial charge on any atom is -0.480 e. The standard InChI is InChI=1S/C25H26N2O6S/c28-23(26-14-13-19-22(25(31)32)27-16-33-19)21(15-18-9-5-2-6-10-18)34-20(24(29)30)12-11-17-7-3-1-4-8-17/h1-10,16,20-21H,11-15H2,(H,26,28)(H,29,30)(H,31,32)/t20?,21-/m0/s1. The van der Waals surface area contributed by atoms with Gasteiger partial charge in [0.05, 0.1) is 5.25 Å². The average molecular weight is 483 g/mol. The zero-order valence-corrected chi connectivity index (χ0v) is 19.2. The summed E-state index contributed by atoms with van der Waals surface area (Å²) >= 11 is 1.13. The molecule has 1 aromatic heterocycles. The van der Waals surface area contributed by atoms with E-state index in [0.717, 1.165) is 29.3 Å². The SMILES string of the molecule is O=C(O)c1ncoc1CCNC(=O)[C@H](Cc1ccccc1)SC(CCc1ccccc1)C(=O)O. The van der Waals surface area contributed by atoms with E-state index in [-0.39, 0.29) is 30.3 Å². The molecule has 0 spiro atoms. The number of aryl methyl sites for hydroxylation is 1. The summed E-state index contributed by atoms with van der Waals surface area (Å²) in [5.74, 6) is -2.29. The number of aromatic nitrogens is 1. The Morgan fingerprint density at radius 1 is 0.912 bits per heavy atom. The number of hydrogen-bond donors (Lipinski definition) is 3. The van der Waals surface area contributed by atoms with E-state index in [4.69, 9.17) is 9.52 Å². The Labute approximate surface area is 201 Å². The molecule has 9 heteroatoms. The van der Waals surface area contributed by atoms with E-state index < -0.39 is 22.4 Å². The monoisotopic (exact) mass is 482 g/mol. The van der Waals surface area contributed by atoms with Crippen molar-refractivity contribution in [3.8, 4) is 0 Å². The molecule has 3 aromatic rings. The van der Waals surface area contributed by atoms with E-state index >= 15 is 0 Å². The molecule has 0 fully saturated rings. The summed E-state index contributed by atoms with van der Waals surface area (Å²) in [6, 6.07) is 19.0. The zero-order chi connectivity index (χ0) is 24.3. The third-order valence-corrected chi connectivity index (χ3v) is 6.67. The summed E-state index contributed by atoms with van der Waals surface area (Å²) in [6.07, 6.45) is 2.57. The molecule has 1 amide bonds. The van der Waals surface area contributed by atoms with Gasteiger partial charge in [-0.15, -0.1) is 11.8 Å². The van der Waals surface area contributed by atoms with Gasteiger partial charge in [0, 0.05) is 13.0 Å². The van der Waals surface area contributed by atoms with Gasteiger partial charge >= 0.3 is 11.9 Å². The highest BCUT2D eigenvalue weighted by atomic mass is 32.2. The van der Waals surface area contributed by atoms with E-state index in [1.165, 1.54) is 0 Å². The molecule has 2 aromatic carbocycles. The maximum absolute atomic E-state index is 13.0. The maximum Gasteiger partial charge on any atom is 0.358 e. The fourth-order valence-corrected chi connectivity index (χ4v) is 4.72. The van der Waals surface area contributed by atoms with Crippen LogP contribution >= 0.6 is 11.8 Å². The van der Waals surface area contributed by atoms with Crippen LogP contribution in [-0.2, 0) is 28.9 Å². The molecule has 0 saturated heterocycles. The molecular formula is C25H26N2O6S. The number of carbonyl (C=O) groups excluding carboxylic acids is 1. The number of hydrogen-bond acceptors (Lipinski definition) is 6. The van der Waals surface area contributed by atoms with Gasteiger partial charge in [0.15, 0.2) is 12.1 Å². The van der Waals surface area contributed by atoms with Gasteiger partial charge < -0.3 is 19.9 Å². The van der Waals surface area contributed by atoms with E-state index in [1.807, 2.05) is 60.7 Å². The lowest BCUT2D eigenvalue weighted by atomic mass is 10.1. The molecule has 1 heterocycles. The molecular weight excluding hydrogens is 456 g/mol. The van der Waals surface area contributed by atoms with E-state index in [0.29, 0.717) is 19.3 Å². The largest absolute Gasteiger partial charge is 0.480 e. The van der Waals surface area contributed by atoms with Crippen LogP contribution in [0.25, 0.3) is 0 Å². The van der Waals surface area contributed by atoms with Gasteiger partial charge in [-0.1, -0.05) is 60.7 Å². The number of aliphatic carboxylic acids is 1. The van der Waals surface area contributed by atoms with Gasteiger partial charge in [0.2, 0.25) is 5.91 Å². The average Bonchev–Trinajstić information content (AvgIpc) is 3.31. The second-order valence-corrected chi connectivity index (χ2v) is 9.05. The molecule has 3 rings (SSSR count). The topological polar surface area (TPSA) is 130 Å². The number of carbonyl (C=O) groups is 3. The van der Waals surface area contributed by atoms with Crippen LogP contribution in [0.5, 0.6) is 0 Å². The van der Waals surface area contributed by atoms with Gasteiger partial charge in [0.1, 0.15) is 11.0 Å². The summed E-state index contributed by atoms with van der Waals surface area (Å²) < 4.78 is 5.11. The molecule has 34 heavy (non-hydrogen) atoms. The van der Waals surface area contributed by atoms with Crippen molar-refractivity contribution >= 4 is 29.6 Å². The minimum atomic E-state index is -1.20. The highest BCUT2D eigenvalue weighted by Crippen LogP contribution is 2.26. The van der Waals surface area contributed by atoms with Crippen LogP contribution < -0.4 is 5.32 Å². The molecule has 0 aliphatic heterocycles. The number of benzene rings is 2. The number of thioether (sulfide) groups is 1. The first kappa shape index (κ1) is 25.0. The lowest BCUT2D eigenvalue weighted by Gasteiger charge is -2.21. The first-order valence-electron chi connectivity index (χ1n) is 10.8. The molecule has 1 unspecified atom stereocenters. The first-order valence-corrected chi connectivity index (χ1v) is 11.8. The fraction of sp³-hybridized carbons (Fsp3) is 0.280. The normalized spacial score (nSPS) is 12.6. The van der Waals surface area contributed by atoms with Gasteiger partial charge in [0.25, 0.3) is 0 Å². The minimum absolute atomic E-state index is 0.141. The predicted molar refractivity (Wildman–Crippen MR) is 128 cm³/mol. The van der Waals surface area contributed by atoms with Crippen molar-refractivity contribution in [3.05, 3.63) is 89.6 Å². The third-order valence-electron chi connectivity index (χ3n) is 5.19. The Morgan fingerprint density at radius 2 is 1.56 bits per heavy atom. The van der Waals surface area contributed by atoms with Crippen LogP contribution in [0, 0.1) is 0 Å². The molecule has 178 valence electrons. The molecule has 0 saturated carbocycles. The predicted octanol–water partition coefficient (Wildman–Crippen LogP) is 3.46. The molecule has 0 aliphatic rings. The third kappa shape index (κ3) is 7.48. The van der Waals surface area contributed by atoms with Crippen LogP contribution in [0.1, 0.15) is 33.8 Å². The summed E-state index contributed by atoms with van der Waals surface area (Å²) in [7, 11) is 0. The summed E-state index contributed by atoms with van der Waals surface area (Å²) in [6.45, 7) is 0.141. The second-order valence-electron chi connectivity index (χ2n) is 7.64. The van der Waals surface area contributed by atoms with Crippen LogP contribution in [0.2, 0.25) is 0 Å². The van der Waals surface area contributed by atoms with E-state index in [1.54, 1.807) is 0 Å². The molecule has 0 bridgehead atoms. The number of aromatic carboxylic acids is 1. The number of amides is 1. The smallest absolute Gasteiger partial charge is 0.358 e. The lowest BCUT2D eigenvalue weighted by Crippen LogP contribution is -2.37.